The molecule has 0 spiro atoms. The third-order valence-electron chi connectivity index (χ3n) is 8.39. The van der Waals surface area contributed by atoms with Crippen molar-refractivity contribution >= 4 is 11.6 Å². The molecule has 2 fully saturated rings. The quantitative estimate of drug-likeness (QED) is 0.133. The number of carbonyl (C=O) groups excluding carboxylic acids is 2. The van der Waals surface area contributed by atoms with E-state index in [0.29, 0.717) is 23.0 Å². The molecule has 2 aliphatic heterocycles. The Labute approximate surface area is 221 Å². The molecule has 0 bridgehead atoms. The number of Topliss-reactive ketones (excluding diaryl/α,β-unsaturated/α-hetero) is 2. The molecule has 2 rings (SSSR count). The summed E-state index contributed by atoms with van der Waals surface area (Å²) in [5.41, 5.74) is 1.34. The van der Waals surface area contributed by atoms with Crippen molar-refractivity contribution in [3.05, 3.63) is 49.6 Å². The molecule has 2 N–H and O–H groups in total. The maximum absolute atomic E-state index is 13.0. The Kier molecular flexibility index (Phi) is 13.7. The van der Waals surface area contributed by atoms with E-state index in [4.69, 9.17) is 0 Å². The van der Waals surface area contributed by atoms with Crippen LogP contribution in [0.3, 0.4) is 0 Å². The highest BCUT2D eigenvalue weighted by atomic mass is 16.1. The van der Waals surface area contributed by atoms with Crippen LogP contribution in [0.25, 0.3) is 0 Å². The molecule has 4 nitrogen and oxygen atoms in total. The molecule has 2 aliphatic rings. The van der Waals surface area contributed by atoms with E-state index in [0.717, 1.165) is 77.3 Å². The van der Waals surface area contributed by atoms with E-state index in [2.05, 4.69) is 36.9 Å². The minimum atomic E-state index is -0.0164. The number of allylic oxidation sites excluding steroid dienone is 3. The first-order valence-electron chi connectivity index (χ1n) is 14.4. The van der Waals surface area contributed by atoms with Gasteiger partial charge in [-0.15, -0.1) is 13.2 Å². The average molecular weight is 497 g/mol. The predicted molar refractivity (Wildman–Crippen MR) is 153 cm³/mol. The SMILES string of the molecule is C=CCCC[C@@H](C(=O)C(=C)C)[C@H]1NCCC[C@@H]1CCCCC[C@@H](C(=O)C(=C)C)[C@H]1NCCC[C@@H]1C=C. The zero-order valence-electron chi connectivity index (χ0n) is 23.2. The van der Waals surface area contributed by atoms with E-state index in [-0.39, 0.29) is 35.5 Å². The van der Waals surface area contributed by atoms with Crippen LogP contribution >= 0.6 is 0 Å². The fourth-order valence-corrected chi connectivity index (χ4v) is 6.43. The Balaban J connectivity index is 1.94. The Morgan fingerprint density at radius 1 is 0.833 bits per heavy atom. The molecule has 2 heterocycles. The van der Waals surface area contributed by atoms with Crippen LogP contribution in [0, 0.1) is 23.7 Å². The molecule has 2 saturated heterocycles. The van der Waals surface area contributed by atoms with Gasteiger partial charge in [-0.1, -0.05) is 44.6 Å². The highest BCUT2D eigenvalue weighted by Gasteiger charge is 2.36. The molecule has 0 aromatic heterocycles. The van der Waals surface area contributed by atoms with Gasteiger partial charge in [-0.2, -0.15) is 0 Å². The summed E-state index contributed by atoms with van der Waals surface area (Å²) in [6.07, 6.45) is 16.8. The number of rotatable bonds is 17. The van der Waals surface area contributed by atoms with Crippen molar-refractivity contribution in [3.63, 3.8) is 0 Å². The third-order valence-corrected chi connectivity index (χ3v) is 8.39. The number of piperidine rings is 2. The monoisotopic (exact) mass is 496 g/mol. The lowest BCUT2D eigenvalue weighted by Gasteiger charge is -2.38. The molecule has 0 saturated carbocycles. The van der Waals surface area contributed by atoms with Crippen molar-refractivity contribution in [2.24, 2.45) is 23.7 Å². The second-order valence-corrected chi connectivity index (χ2v) is 11.3. The van der Waals surface area contributed by atoms with Crippen molar-refractivity contribution in [2.75, 3.05) is 13.1 Å². The molecule has 4 heteroatoms. The molecular formula is C32H52N2O2. The first kappa shape index (κ1) is 30.4. The summed E-state index contributed by atoms with van der Waals surface area (Å²) in [7, 11) is 0. The van der Waals surface area contributed by atoms with E-state index in [9.17, 15) is 9.59 Å². The van der Waals surface area contributed by atoms with E-state index < -0.39 is 0 Å². The summed E-state index contributed by atoms with van der Waals surface area (Å²) in [6.45, 7) is 21.5. The van der Waals surface area contributed by atoms with Crippen molar-refractivity contribution in [1.82, 2.24) is 10.6 Å². The Hall–Kier alpha value is -1.78. The van der Waals surface area contributed by atoms with Crippen molar-refractivity contribution in [3.8, 4) is 0 Å². The maximum Gasteiger partial charge on any atom is 0.162 e. The van der Waals surface area contributed by atoms with Gasteiger partial charge in [0.1, 0.15) is 0 Å². The third kappa shape index (κ3) is 8.95. The lowest BCUT2D eigenvalue weighted by atomic mass is 9.75. The number of hydrogen-bond acceptors (Lipinski definition) is 4. The molecule has 0 radical (unpaired) electrons. The van der Waals surface area contributed by atoms with Crippen molar-refractivity contribution in [1.29, 1.82) is 0 Å². The van der Waals surface area contributed by atoms with E-state index in [1.165, 1.54) is 12.8 Å². The molecule has 0 aliphatic carbocycles. The van der Waals surface area contributed by atoms with Crippen LogP contribution < -0.4 is 10.6 Å². The first-order valence-corrected chi connectivity index (χ1v) is 14.4. The molecule has 0 aromatic carbocycles. The highest BCUT2D eigenvalue weighted by Crippen LogP contribution is 2.33. The van der Waals surface area contributed by atoms with Crippen LogP contribution in [0.4, 0.5) is 0 Å². The van der Waals surface area contributed by atoms with Gasteiger partial charge in [-0.25, -0.2) is 0 Å². The topological polar surface area (TPSA) is 58.2 Å². The second-order valence-electron chi connectivity index (χ2n) is 11.3. The van der Waals surface area contributed by atoms with Crippen LogP contribution in [-0.4, -0.2) is 36.7 Å². The van der Waals surface area contributed by atoms with Gasteiger partial charge in [0.15, 0.2) is 11.6 Å². The van der Waals surface area contributed by atoms with Crippen LogP contribution in [0.5, 0.6) is 0 Å². The van der Waals surface area contributed by atoms with Crippen molar-refractivity contribution in [2.45, 2.75) is 103 Å². The lowest BCUT2D eigenvalue weighted by molar-refractivity contribution is -0.121. The van der Waals surface area contributed by atoms with Crippen LogP contribution in [0.1, 0.15) is 90.9 Å². The largest absolute Gasteiger partial charge is 0.313 e. The second kappa shape index (κ2) is 16.1. The molecule has 36 heavy (non-hydrogen) atoms. The summed E-state index contributed by atoms with van der Waals surface area (Å²) in [4.78, 5) is 26.1. The Morgan fingerprint density at radius 3 is 2.03 bits per heavy atom. The Bertz CT molecular complexity index is 770. The minimum absolute atomic E-state index is 0.0125. The fourth-order valence-electron chi connectivity index (χ4n) is 6.43. The van der Waals surface area contributed by atoms with Gasteiger partial charge in [-0.3, -0.25) is 9.59 Å². The molecule has 0 aromatic rings. The van der Waals surface area contributed by atoms with Crippen LogP contribution in [-0.2, 0) is 9.59 Å². The highest BCUT2D eigenvalue weighted by molar-refractivity contribution is 5.97. The van der Waals surface area contributed by atoms with Gasteiger partial charge in [0.2, 0.25) is 0 Å². The zero-order valence-corrected chi connectivity index (χ0v) is 23.2. The van der Waals surface area contributed by atoms with Gasteiger partial charge in [-0.05, 0) is 108 Å². The number of unbranched alkanes of at least 4 members (excludes halogenated alkanes) is 3. The fraction of sp³-hybridized carbons (Fsp3) is 0.688. The summed E-state index contributed by atoms with van der Waals surface area (Å²) < 4.78 is 0. The van der Waals surface area contributed by atoms with E-state index in [1.807, 2.05) is 26.0 Å². The van der Waals surface area contributed by atoms with E-state index in [1.54, 1.807) is 0 Å². The molecular weight excluding hydrogens is 444 g/mol. The zero-order chi connectivity index (χ0) is 26.5. The number of ketones is 2. The van der Waals surface area contributed by atoms with E-state index >= 15 is 0 Å². The van der Waals surface area contributed by atoms with Crippen molar-refractivity contribution < 1.29 is 9.59 Å². The van der Waals surface area contributed by atoms with Gasteiger partial charge in [0, 0.05) is 23.9 Å². The van der Waals surface area contributed by atoms with Gasteiger partial charge >= 0.3 is 0 Å². The maximum atomic E-state index is 13.0. The summed E-state index contributed by atoms with van der Waals surface area (Å²) in [6, 6.07) is 0.419. The van der Waals surface area contributed by atoms with Crippen LogP contribution in [0.2, 0.25) is 0 Å². The average Bonchev–Trinajstić information content (AvgIpc) is 2.88. The number of carbonyl (C=O) groups is 2. The predicted octanol–water partition coefficient (Wildman–Crippen LogP) is 6.74. The lowest BCUT2D eigenvalue weighted by Crippen LogP contribution is -2.49. The molecule has 0 unspecified atom stereocenters. The minimum Gasteiger partial charge on any atom is -0.313 e. The standard InChI is InChI=1S/C32H52N2O2/c1-7-9-11-19-28(32(36)24(5)6)30-26(18-15-22-34-30)16-12-10-13-20-27(31(35)23(3)4)29-25(8-2)17-14-21-33-29/h7-8,25-30,33-34H,1-3,5,9-22H2,4,6H3/t25-,26-,27+,28+,29-,30-/m0/s1. The molecule has 0 amide bonds. The van der Waals surface area contributed by atoms with Gasteiger partial charge in [0.25, 0.3) is 0 Å². The normalized spacial score (nSPS) is 25.9. The first-order chi connectivity index (χ1) is 17.3. The summed E-state index contributed by atoms with van der Waals surface area (Å²) >= 11 is 0. The Morgan fingerprint density at radius 2 is 1.42 bits per heavy atom. The number of hydrogen-bond donors (Lipinski definition) is 2. The molecule has 202 valence electrons. The summed E-state index contributed by atoms with van der Waals surface area (Å²) in [5, 5.41) is 7.33. The number of nitrogens with one attached hydrogen (secondary N) is 2. The van der Waals surface area contributed by atoms with Gasteiger partial charge in [0.05, 0.1) is 0 Å². The smallest absolute Gasteiger partial charge is 0.162 e. The van der Waals surface area contributed by atoms with Crippen LogP contribution in [0.15, 0.2) is 49.6 Å². The molecule has 6 atom stereocenters. The summed E-state index contributed by atoms with van der Waals surface area (Å²) in [5.74, 6) is 1.30. The van der Waals surface area contributed by atoms with Gasteiger partial charge < -0.3 is 10.6 Å².